The van der Waals surface area contributed by atoms with E-state index in [0.29, 0.717) is 6.04 Å². The molecular formula is C10H20N2O. The lowest BCUT2D eigenvalue weighted by atomic mass is 10.1. The van der Waals surface area contributed by atoms with E-state index in [1.54, 1.807) is 0 Å². The summed E-state index contributed by atoms with van der Waals surface area (Å²) in [6.07, 6.45) is 1.23. The molecule has 0 amide bonds. The quantitative estimate of drug-likeness (QED) is 0.635. The summed E-state index contributed by atoms with van der Waals surface area (Å²) in [7, 11) is 0. The smallest absolute Gasteiger partial charge is 0.0622 e. The molecule has 0 aromatic rings. The predicted octanol–water partition coefficient (Wildman–Crippen LogP) is 0.317. The standard InChI is InChI=1S/C10H20N2O/c1-9-6-11-3-4-12(7-9)10-2-5-13-8-10/h9-11H,2-8H2,1H3. The van der Waals surface area contributed by atoms with Gasteiger partial charge in [-0.15, -0.1) is 0 Å². The first-order valence-corrected chi connectivity index (χ1v) is 5.39. The maximum absolute atomic E-state index is 5.42. The fraction of sp³-hybridized carbons (Fsp3) is 1.00. The lowest BCUT2D eigenvalue weighted by molar-refractivity contribution is 0.141. The highest BCUT2D eigenvalue weighted by molar-refractivity contribution is 4.80. The van der Waals surface area contributed by atoms with Crippen LogP contribution < -0.4 is 5.32 Å². The SMILES string of the molecule is CC1CNCCN(C2CCOC2)C1. The zero-order valence-electron chi connectivity index (χ0n) is 8.46. The molecule has 2 aliphatic heterocycles. The van der Waals surface area contributed by atoms with Gasteiger partial charge in [0, 0.05) is 32.3 Å². The van der Waals surface area contributed by atoms with Gasteiger partial charge in [-0.3, -0.25) is 4.90 Å². The van der Waals surface area contributed by atoms with E-state index in [0.717, 1.165) is 25.7 Å². The number of hydrogen-bond donors (Lipinski definition) is 1. The molecule has 1 N–H and O–H groups in total. The lowest BCUT2D eigenvalue weighted by Gasteiger charge is -2.27. The Hall–Kier alpha value is -0.120. The van der Waals surface area contributed by atoms with Crippen molar-refractivity contribution in [1.29, 1.82) is 0 Å². The summed E-state index contributed by atoms with van der Waals surface area (Å²) in [5, 5.41) is 3.47. The summed E-state index contributed by atoms with van der Waals surface area (Å²) < 4.78 is 5.42. The maximum Gasteiger partial charge on any atom is 0.0622 e. The molecule has 2 atom stereocenters. The van der Waals surface area contributed by atoms with E-state index in [2.05, 4.69) is 17.1 Å². The summed E-state index contributed by atoms with van der Waals surface area (Å²) in [4.78, 5) is 2.59. The number of nitrogens with one attached hydrogen (secondary N) is 1. The molecular weight excluding hydrogens is 164 g/mol. The first kappa shape index (κ1) is 9.44. The average Bonchev–Trinajstić information content (AvgIpc) is 2.56. The second-order valence-electron chi connectivity index (χ2n) is 4.32. The fourth-order valence-corrected chi connectivity index (χ4v) is 2.27. The van der Waals surface area contributed by atoms with E-state index in [4.69, 9.17) is 4.74 Å². The molecule has 2 aliphatic rings. The van der Waals surface area contributed by atoms with Gasteiger partial charge in [-0.2, -0.15) is 0 Å². The molecule has 0 aliphatic carbocycles. The van der Waals surface area contributed by atoms with Gasteiger partial charge in [0.15, 0.2) is 0 Å². The first-order chi connectivity index (χ1) is 6.36. The molecule has 0 aromatic carbocycles. The molecule has 2 rings (SSSR count). The molecule has 0 saturated carbocycles. The highest BCUT2D eigenvalue weighted by Gasteiger charge is 2.25. The van der Waals surface area contributed by atoms with Crippen LogP contribution >= 0.6 is 0 Å². The Morgan fingerprint density at radius 3 is 3.15 bits per heavy atom. The molecule has 2 unspecified atom stereocenters. The number of rotatable bonds is 1. The Labute approximate surface area is 80.4 Å². The number of hydrogen-bond acceptors (Lipinski definition) is 3. The van der Waals surface area contributed by atoms with Crippen molar-refractivity contribution in [2.45, 2.75) is 19.4 Å². The number of nitrogens with zero attached hydrogens (tertiary/aromatic N) is 1. The van der Waals surface area contributed by atoms with Crippen molar-refractivity contribution in [1.82, 2.24) is 10.2 Å². The summed E-state index contributed by atoms with van der Waals surface area (Å²) in [6, 6.07) is 0.697. The summed E-state index contributed by atoms with van der Waals surface area (Å²) in [6.45, 7) is 8.97. The lowest BCUT2D eigenvalue weighted by Crippen LogP contribution is -2.39. The Bertz CT molecular complexity index is 157. The van der Waals surface area contributed by atoms with E-state index in [1.165, 1.54) is 26.1 Å². The van der Waals surface area contributed by atoms with E-state index in [-0.39, 0.29) is 0 Å². The fourth-order valence-electron chi connectivity index (χ4n) is 2.27. The van der Waals surface area contributed by atoms with Crippen LogP contribution in [0.1, 0.15) is 13.3 Å². The molecule has 0 spiro atoms. The monoisotopic (exact) mass is 184 g/mol. The van der Waals surface area contributed by atoms with Crippen LogP contribution in [-0.2, 0) is 4.74 Å². The second kappa shape index (κ2) is 4.40. The van der Waals surface area contributed by atoms with Crippen LogP contribution in [0.5, 0.6) is 0 Å². The van der Waals surface area contributed by atoms with Gasteiger partial charge < -0.3 is 10.1 Å². The molecule has 2 heterocycles. The molecule has 13 heavy (non-hydrogen) atoms. The highest BCUT2D eigenvalue weighted by Crippen LogP contribution is 2.14. The molecule has 0 radical (unpaired) electrons. The highest BCUT2D eigenvalue weighted by atomic mass is 16.5. The third-order valence-electron chi connectivity index (χ3n) is 3.04. The Kier molecular flexibility index (Phi) is 3.19. The van der Waals surface area contributed by atoms with Crippen LogP contribution in [0.2, 0.25) is 0 Å². The summed E-state index contributed by atoms with van der Waals surface area (Å²) >= 11 is 0. The van der Waals surface area contributed by atoms with Crippen LogP contribution in [0.3, 0.4) is 0 Å². The average molecular weight is 184 g/mol. The first-order valence-electron chi connectivity index (χ1n) is 5.39. The maximum atomic E-state index is 5.42. The molecule has 3 heteroatoms. The Balaban J connectivity index is 1.88. The third-order valence-corrected chi connectivity index (χ3v) is 3.04. The third kappa shape index (κ3) is 2.42. The van der Waals surface area contributed by atoms with Gasteiger partial charge >= 0.3 is 0 Å². The van der Waals surface area contributed by atoms with Gasteiger partial charge in [0.05, 0.1) is 6.61 Å². The van der Waals surface area contributed by atoms with Crippen molar-refractivity contribution in [2.24, 2.45) is 5.92 Å². The molecule has 2 saturated heterocycles. The van der Waals surface area contributed by atoms with Crippen molar-refractivity contribution in [3.63, 3.8) is 0 Å². The minimum atomic E-state index is 0.697. The van der Waals surface area contributed by atoms with E-state index >= 15 is 0 Å². The topological polar surface area (TPSA) is 24.5 Å². The van der Waals surface area contributed by atoms with Gasteiger partial charge in [-0.05, 0) is 18.9 Å². The largest absolute Gasteiger partial charge is 0.380 e. The Morgan fingerprint density at radius 1 is 1.46 bits per heavy atom. The predicted molar refractivity (Wildman–Crippen MR) is 52.8 cm³/mol. The van der Waals surface area contributed by atoms with E-state index < -0.39 is 0 Å². The van der Waals surface area contributed by atoms with E-state index in [1.807, 2.05) is 0 Å². The van der Waals surface area contributed by atoms with E-state index in [9.17, 15) is 0 Å². The molecule has 3 nitrogen and oxygen atoms in total. The summed E-state index contributed by atoms with van der Waals surface area (Å²) in [5.41, 5.74) is 0. The second-order valence-corrected chi connectivity index (χ2v) is 4.32. The molecule has 2 fully saturated rings. The molecule has 0 aromatic heterocycles. The van der Waals surface area contributed by atoms with Crippen LogP contribution in [0.15, 0.2) is 0 Å². The minimum absolute atomic E-state index is 0.697. The Morgan fingerprint density at radius 2 is 2.38 bits per heavy atom. The van der Waals surface area contributed by atoms with Gasteiger partial charge in [0.1, 0.15) is 0 Å². The molecule has 0 bridgehead atoms. The van der Waals surface area contributed by atoms with Gasteiger partial charge in [0.25, 0.3) is 0 Å². The van der Waals surface area contributed by atoms with Crippen LogP contribution in [0, 0.1) is 5.92 Å². The van der Waals surface area contributed by atoms with Gasteiger partial charge in [-0.25, -0.2) is 0 Å². The van der Waals surface area contributed by atoms with Gasteiger partial charge in [0.2, 0.25) is 0 Å². The van der Waals surface area contributed by atoms with Crippen molar-refractivity contribution in [3.05, 3.63) is 0 Å². The zero-order chi connectivity index (χ0) is 9.10. The minimum Gasteiger partial charge on any atom is -0.380 e. The normalized spacial score (nSPS) is 37.6. The van der Waals surface area contributed by atoms with Crippen molar-refractivity contribution < 1.29 is 4.74 Å². The van der Waals surface area contributed by atoms with Gasteiger partial charge in [-0.1, -0.05) is 6.92 Å². The van der Waals surface area contributed by atoms with Crippen LogP contribution in [0.4, 0.5) is 0 Å². The zero-order valence-corrected chi connectivity index (χ0v) is 8.46. The van der Waals surface area contributed by atoms with Crippen molar-refractivity contribution in [2.75, 3.05) is 39.4 Å². The molecule has 76 valence electrons. The van der Waals surface area contributed by atoms with Crippen molar-refractivity contribution in [3.8, 4) is 0 Å². The van der Waals surface area contributed by atoms with Crippen LogP contribution in [-0.4, -0.2) is 50.3 Å². The van der Waals surface area contributed by atoms with Crippen LogP contribution in [0.25, 0.3) is 0 Å². The van der Waals surface area contributed by atoms with Crippen molar-refractivity contribution >= 4 is 0 Å². The number of ether oxygens (including phenoxy) is 1. The summed E-state index contributed by atoms with van der Waals surface area (Å²) in [5.74, 6) is 0.781.